The van der Waals surface area contributed by atoms with E-state index in [1.165, 1.54) is 11.8 Å². The lowest BCUT2D eigenvalue weighted by Gasteiger charge is -2.24. The van der Waals surface area contributed by atoms with Gasteiger partial charge in [0.15, 0.2) is 0 Å². The number of halogens is 1. The number of nitrogens with two attached hydrogens (primary N) is 1. The van der Waals surface area contributed by atoms with Crippen molar-refractivity contribution in [3.05, 3.63) is 23.4 Å². The second-order valence-electron chi connectivity index (χ2n) is 3.97. The van der Waals surface area contributed by atoms with Gasteiger partial charge in [-0.15, -0.1) is 0 Å². The van der Waals surface area contributed by atoms with E-state index < -0.39 is 0 Å². The van der Waals surface area contributed by atoms with Crippen LogP contribution in [0.3, 0.4) is 0 Å². The molecule has 0 aliphatic rings. The first-order valence-electron chi connectivity index (χ1n) is 5.19. The molecule has 90 valence electrons. The van der Waals surface area contributed by atoms with E-state index in [0.29, 0.717) is 10.9 Å². The first-order valence-corrected chi connectivity index (χ1v) is 6.45. The van der Waals surface area contributed by atoms with Crippen LogP contribution < -0.4 is 5.73 Å². The highest BCUT2D eigenvalue weighted by Crippen LogP contribution is 2.25. The van der Waals surface area contributed by atoms with Crippen molar-refractivity contribution in [1.29, 1.82) is 0 Å². The summed E-state index contributed by atoms with van der Waals surface area (Å²) in [7, 11) is 0. The van der Waals surface area contributed by atoms with E-state index in [-0.39, 0.29) is 17.9 Å². The van der Waals surface area contributed by atoms with Crippen molar-refractivity contribution in [3.63, 3.8) is 0 Å². The molecule has 3 nitrogen and oxygen atoms in total. The number of nitrogens with zero attached hydrogens (tertiary/aromatic N) is 1. The third-order valence-corrected chi connectivity index (χ3v) is 3.82. The van der Waals surface area contributed by atoms with E-state index in [4.69, 9.17) is 17.3 Å². The summed E-state index contributed by atoms with van der Waals surface area (Å²) in [5.74, 6) is 0.331. The minimum atomic E-state index is -0.0486. The maximum Gasteiger partial charge on any atom is 0.0965 e. The van der Waals surface area contributed by atoms with Gasteiger partial charge in [-0.25, -0.2) is 4.98 Å². The Morgan fingerprint density at radius 1 is 1.50 bits per heavy atom. The second kappa shape index (κ2) is 6.45. The van der Waals surface area contributed by atoms with Gasteiger partial charge in [0.05, 0.1) is 16.7 Å². The van der Waals surface area contributed by atoms with Crippen LogP contribution >= 0.6 is 23.4 Å². The van der Waals surface area contributed by atoms with Crippen molar-refractivity contribution in [1.82, 2.24) is 4.98 Å². The first kappa shape index (κ1) is 13.8. The average molecular weight is 261 g/mol. The summed E-state index contributed by atoms with van der Waals surface area (Å²) in [4.78, 5) is 4.17. The Morgan fingerprint density at radius 3 is 2.62 bits per heavy atom. The number of thioether (sulfide) groups is 1. The molecule has 2 atom stereocenters. The van der Waals surface area contributed by atoms with Crippen LogP contribution in [0.5, 0.6) is 0 Å². The molecule has 5 heteroatoms. The number of aliphatic hydroxyl groups excluding tert-OH is 1. The minimum absolute atomic E-state index is 0.0336. The fraction of sp³-hybridized carbons (Fsp3) is 0.545. The van der Waals surface area contributed by atoms with Crippen LogP contribution in [0, 0.1) is 5.92 Å². The Hall–Kier alpha value is -0.290. The predicted octanol–water partition coefficient (Wildman–Crippen LogP) is 2.17. The molecule has 1 aromatic heterocycles. The molecule has 0 fully saturated rings. The van der Waals surface area contributed by atoms with E-state index >= 15 is 0 Å². The van der Waals surface area contributed by atoms with Crippen molar-refractivity contribution in [3.8, 4) is 0 Å². The fourth-order valence-corrected chi connectivity index (χ4v) is 2.48. The Morgan fingerprint density at radius 2 is 2.19 bits per heavy atom. The SMILES string of the molecule is CC(C)C(N)C(CO)Sc1ccc(Cl)cn1. The Bertz CT molecular complexity index is 318. The highest BCUT2D eigenvalue weighted by molar-refractivity contribution is 7.99. The lowest BCUT2D eigenvalue weighted by atomic mass is 10.0. The summed E-state index contributed by atoms with van der Waals surface area (Å²) in [6.45, 7) is 4.14. The first-order chi connectivity index (χ1) is 7.54. The van der Waals surface area contributed by atoms with Gasteiger partial charge in [0.2, 0.25) is 0 Å². The topological polar surface area (TPSA) is 59.1 Å². The van der Waals surface area contributed by atoms with Gasteiger partial charge < -0.3 is 10.8 Å². The van der Waals surface area contributed by atoms with Crippen LogP contribution in [0.25, 0.3) is 0 Å². The van der Waals surface area contributed by atoms with Crippen molar-refractivity contribution in [2.45, 2.75) is 30.2 Å². The Labute approximate surface area is 105 Å². The van der Waals surface area contributed by atoms with Crippen molar-refractivity contribution in [2.75, 3.05) is 6.61 Å². The molecule has 0 saturated heterocycles. The van der Waals surface area contributed by atoms with Gasteiger partial charge in [0.1, 0.15) is 0 Å². The van der Waals surface area contributed by atoms with Crippen LogP contribution in [-0.2, 0) is 0 Å². The van der Waals surface area contributed by atoms with Gasteiger partial charge in [-0.05, 0) is 18.1 Å². The fourth-order valence-electron chi connectivity index (χ4n) is 1.25. The molecule has 0 aliphatic heterocycles. The third-order valence-electron chi connectivity index (χ3n) is 2.35. The van der Waals surface area contributed by atoms with Gasteiger partial charge in [-0.2, -0.15) is 0 Å². The second-order valence-corrected chi connectivity index (χ2v) is 5.67. The molecule has 3 N–H and O–H groups in total. The molecule has 0 amide bonds. The van der Waals surface area contributed by atoms with Crippen LogP contribution in [0.1, 0.15) is 13.8 Å². The van der Waals surface area contributed by atoms with Gasteiger partial charge in [0.25, 0.3) is 0 Å². The zero-order chi connectivity index (χ0) is 12.1. The molecule has 0 bridgehead atoms. The van der Waals surface area contributed by atoms with Crippen LogP contribution in [0.15, 0.2) is 23.4 Å². The van der Waals surface area contributed by atoms with Crippen molar-refractivity contribution in [2.24, 2.45) is 11.7 Å². The summed E-state index contributed by atoms with van der Waals surface area (Å²) >= 11 is 7.24. The van der Waals surface area contributed by atoms with Gasteiger partial charge in [-0.1, -0.05) is 37.2 Å². The summed E-state index contributed by atoms with van der Waals surface area (Å²) < 4.78 is 0. The summed E-state index contributed by atoms with van der Waals surface area (Å²) in [6, 6.07) is 3.57. The lowest BCUT2D eigenvalue weighted by molar-refractivity contribution is 0.269. The molecule has 0 spiro atoms. The number of pyridine rings is 1. The molecule has 0 aromatic carbocycles. The molecule has 0 radical (unpaired) electrons. The minimum Gasteiger partial charge on any atom is -0.395 e. The summed E-state index contributed by atoms with van der Waals surface area (Å²) in [5, 5.41) is 10.7. The highest BCUT2D eigenvalue weighted by atomic mass is 35.5. The number of hydrogen-bond acceptors (Lipinski definition) is 4. The maximum atomic E-state index is 9.31. The smallest absolute Gasteiger partial charge is 0.0965 e. The Balaban J connectivity index is 2.66. The monoisotopic (exact) mass is 260 g/mol. The zero-order valence-corrected chi connectivity index (χ0v) is 11.0. The Kier molecular flexibility index (Phi) is 5.55. The van der Waals surface area contributed by atoms with Crippen molar-refractivity contribution >= 4 is 23.4 Å². The molecular weight excluding hydrogens is 244 g/mol. The van der Waals surface area contributed by atoms with Crippen LogP contribution in [0.4, 0.5) is 0 Å². The molecule has 16 heavy (non-hydrogen) atoms. The molecule has 1 aromatic rings. The van der Waals surface area contributed by atoms with E-state index in [0.717, 1.165) is 5.03 Å². The summed E-state index contributed by atoms with van der Waals surface area (Å²) in [5.41, 5.74) is 6.01. The largest absolute Gasteiger partial charge is 0.395 e. The molecular formula is C11H17ClN2OS. The van der Waals surface area contributed by atoms with Crippen LogP contribution in [0.2, 0.25) is 5.02 Å². The average Bonchev–Trinajstić information content (AvgIpc) is 2.27. The van der Waals surface area contributed by atoms with E-state index in [1.54, 1.807) is 12.3 Å². The quantitative estimate of drug-likeness (QED) is 0.797. The molecule has 0 aliphatic carbocycles. The van der Waals surface area contributed by atoms with Gasteiger partial charge in [0, 0.05) is 17.5 Å². The number of aromatic nitrogens is 1. The highest BCUT2D eigenvalue weighted by Gasteiger charge is 2.21. The number of hydrogen-bond donors (Lipinski definition) is 2. The van der Waals surface area contributed by atoms with Crippen LogP contribution in [-0.4, -0.2) is 28.0 Å². The van der Waals surface area contributed by atoms with E-state index in [2.05, 4.69) is 4.98 Å². The molecule has 2 unspecified atom stereocenters. The third kappa shape index (κ3) is 3.94. The normalized spacial score (nSPS) is 15.1. The molecule has 0 saturated carbocycles. The van der Waals surface area contributed by atoms with Gasteiger partial charge in [-0.3, -0.25) is 0 Å². The van der Waals surface area contributed by atoms with E-state index in [9.17, 15) is 5.11 Å². The predicted molar refractivity (Wildman–Crippen MR) is 68.8 cm³/mol. The number of rotatable bonds is 5. The summed E-state index contributed by atoms with van der Waals surface area (Å²) in [6.07, 6.45) is 1.60. The van der Waals surface area contributed by atoms with Crippen molar-refractivity contribution < 1.29 is 5.11 Å². The lowest BCUT2D eigenvalue weighted by Crippen LogP contribution is -2.39. The molecule has 1 heterocycles. The molecule has 1 rings (SSSR count). The maximum absolute atomic E-state index is 9.31. The standard InChI is InChI=1S/C11H17ClN2OS/c1-7(2)11(13)9(6-15)16-10-4-3-8(12)5-14-10/h3-5,7,9,11,15H,6,13H2,1-2H3. The van der Waals surface area contributed by atoms with E-state index in [1.807, 2.05) is 19.9 Å². The number of aliphatic hydroxyl groups is 1. The zero-order valence-electron chi connectivity index (χ0n) is 9.43. The van der Waals surface area contributed by atoms with Gasteiger partial charge >= 0.3 is 0 Å².